The van der Waals surface area contributed by atoms with Gasteiger partial charge in [0, 0.05) is 67.0 Å². The fraction of sp³-hybridized carbons (Fsp3) is 0.200. The lowest BCUT2D eigenvalue weighted by atomic mass is 9.87. The molecule has 4 aromatic rings. The van der Waals surface area contributed by atoms with E-state index < -0.39 is 4.92 Å². The Morgan fingerprint density at radius 1 is 1.18 bits per heavy atom. The zero-order valence-corrected chi connectivity index (χ0v) is 18.2. The number of nitrogens with one attached hydrogen (secondary N) is 2. The molecule has 0 bridgehead atoms. The van der Waals surface area contributed by atoms with E-state index in [-0.39, 0.29) is 23.9 Å². The number of hydrogen-bond donors (Lipinski definition) is 2. The first kappa shape index (κ1) is 22.2. The molecule has 2 aromatic carbocycles. The number of nitrogens with zero attached hydrogens (tertiary/aromatic N) is 2. The molecule has 2 aromatic heterocycles. The van der Waals surface area contributed by atoms with Crippen molar-refractivity contribution in [2.75, 3.05) is 20.3 Å². The van der Waals surface area contributed by atoms with Crippen LogP contribution < -0.4 is 5.32 Å². The van der Waals surface area contributed by atoms with Crippen molar-refractivity contribution in [3.05, 3.63) is 94.3 Å². The number of methoxy groups -OCH3 is 1. The lowest BCUT2D eigenvalue weighted by molar-refractivity contribution is -0.384. The number of nitro benzene ring substituents is 1. The molecular weight excluding hydrogens is 420 g/mol. The Morgan fingerprint density at radius 3 is 2.82 bits per heavy atom. The number of nitro groups is 1. The summed E-state index contributed by atoms with van der Waals surface area (Å²) in [6, 6.07) is 18.2. The molecule has 8 heteroatoms. The van der Waals surface area contributed by atoms with Gasteiger partial charge in [0.2, 0.25) is 5.91 Å². The molecule has 0 saturated carbocycles. The summed E-state index contributed by atoms with van der Waals surface area (Å²) in [5.41, 5.74) is 4.35. The SMILES string of the molecule is COCCNC(=O)C[C@H](c1cccc([N+](=O)[O-])c1)c1c[nH]c2cc(-c3ccccn3)ccc12. The quantitative estimate of drug-likeness (QED) is 0.226. The van der Waals surface area contributed by atoms with Crippen molar-refractivity contribution < 1.29 is 14.5 Å². The molecule has 2 N–H and O–H groups in total. The van der Waals surface area contributed by atoms with E-state index in [1.165, 1.54) is 12.1 Å². The lowest BCUT2D eigenvalue weighted by Gasteiger charge is -2.17. The number of carbonyl (C=O) groups excluding carboxylic acids is 1. The number of aromatic amines is 1. The largest absolute Gasteiger partial charge is 0.383 e. The monoisotopic (exact) mass is 444 g/mol. The molecule has 0 aliphatic carbocycles. The smallest absolute Gasteiger partial charge is 0.269 e. The van der Waals surface area contributed by atoms with E-state index in [1.807, 2.05) is 48.7 Å². The number of carbonyl (C=O) groups is 1. The van der Waals surface area contributed by atoms with Crippen LogP contribution in [0, 0.1) is 10.1 Å². The fourth-order valence-corrected chi connectivity index (χ4v) is 3.94. The molecule has 8 nitrogen and oxygen atoms in total. The zero-order valence-electron chi connectivity index (χ0n) is 18.2. The van der Waals surface area contributed by atoms with Crippen molar-refractivity contribution >= 4 is 22.5 Å². The summed E-state index contributed by atoms with van der Waals surface area (Å²) >= 11 is 0. The molecule has 0 fully saturated rings. The lowest BCUT2D eigenvalue weighted by Crippen LogP contribution is -2.28. The molecule has 168 valence electrons. The number of rotatable bonds is 9. The van der Waals surface area contributed by atoms with Crippen LogP contribution in [0.5, 0.6) is 0 Å². The van der Waals surface area contributed by atoms with E-state index in [4.69, 9.17) is 4.74 Å². The first-order valence-corrected chi connectivity index (χ1v) is 10.6. The van der Waals surface area contributed by atoms with Crippen LogP contribution in [-0.2, 0) is 9.53 Å². The minimum atomic E-state index is -0.423. The van der Waals surface area contributed by atoms with Crippen LogP contribution in [-0.4, -0.2) is 41.1 Å². The van der Waals surface area contributed by atoms with E-state index >= 15 is 0 Å². The number of aromatic nitrogens is 2. The third kappa shape index (κ3) is 5.07. The van der Waals surface area contributed by atoms with Gasteiger partial charge < -0.3 is 15.0 Å². The van der Waals surface area contributed by atoms with Crippen LogP contribution in [0.25, 0.3) is 22.2 Å². The van der Waals surface area contributed by atoms with Gasteiger partial charge in [0.05, 0.1) is 17.2 Å². The van der Waals surface area contributed by atoms with Crippen molar-refractivity contribution in [2.24, 2.45) is 0 Å². The van der Waals surface area contributed by atoms with Crippen molar-refractivity contribution in [1.29, 1.82) is 0 Å². The molecule has 1 amide bonds. The minimum Gasteiger partial charge on any atom is -0.383 e. The number of amides is 1. The van der Waals surface area contributed by atoms with Gasteiger partial charge in [-0.15, -0.1) is 0 Å². The summed E-state index contributed by atoms with van der Waals surface area (Å²) in [6.07, 6.45) is 3.78. The third-order valence-corrected chi connectivity index (χ3v) is 5.55. The molecule has 0 spiro atoms. The average Bonchev–Trinajstić information content (AvgIpc) is 3.26. The van der Waals surface area contributed by atoms with E-state index in [2.05, 4.69) is 15.3 Å². The maximum Gasteiger partial charge on any atom is 0.269 e. The Kier molecular flexibility index (Phi) is 6.75. The normalized spacial score (nSPS) is 11.9. The second-order valence-corrected chi connectivity index (χ2v) is 7.67. The number of H-pyrrole nitrogens is 1. The van der Waals surface area contributed by atoms with Gasteiger partial charge >= 0.3 is 0 Å². The maximum atomic E-state index is 12.7. The summed E-state index contributed by atoms with van der Waals surface area (Å²) < 4.78 is 5.00. The van der Waals surface area contributed by atoms with Crippen molar-refractivity contribution in [3.63, 3.8) is 0 Å². The number of non-ortho nitro benzene ring substituents is 1. The highest BCUT2D eigenvalue weighted by Gasteiger charge is 2.23. The van der Waals surface area contributed by atoms with E-state index in [9.17, 15) is 14.9 Å². The molecule has 2 heterocycles. The van der Waals surface area contributed by atoms with Crippen molar-refractivity contribution in [1.82, 2.24) is 15.3 Å². The fourth-order valence-electron chi connectivity index (χ4n) is 3.94. The highest BCUT2D eigenvalue weighted by atomic mass is 16.6. The Morgan fingerprint density at radius 2 is 2.06 bits per heavy atom. The molecule has 0 radical (unpaired) electrons. The second-order valence-electron chi connectivity index (χ2n) is 7.67. The van der Waals surface area contributed by atoms with E-state index in [0.717, 1.165) is 27.7 Å². The van der Waals surface area contributed by atoms with Gasteiger partial charge in [0.25, 0.3) is 5.69 Å². The van der Waals surface area contributed by atoms with Crippen LogP contribution in [0.4, 0.5) is 5.69 Å². The molecule has 4 rings (SSSR count). The van der Waals surface area contributed by atoms with Crippen LogP contribution in [0.2, 0.25) is 0 Å². The Bertz CT molecular complexity index is 1270. The molecule has 0 aliphatic rings. The summed E-state index contributed by atoms with van der Waals surface area (Å²) in [5.74, 6) is -0.509. The number of benzene rings is 2. The van der Waals surface area contributed by atoms with Gasteiger partial charge in [-0.05, 0) is 29.3 Å². The highest BCUT2D eigenvalue weighted by molar-refractivity contribution is 5.89. The molecule has 0 aliphatic heterocycles. The zero-order chi connectivity index (χ0) is 23.2. The van der Waals surface area contributed by atoms with Gasteiger partial charge in [-0.3, -0.25) is 19.9 Å². The Labute approximate surface area is 190 Å². The summed E-state index contributed by atoms with van der Waals surface area (Å²) in [4.78, 5) is 31.3. The Balaban J connectivity index is 1.72. The predicted octanol–water partition coefficient (Wildman–Crippen LogP) is 4.42. The van der Waals surface area contributed by atoms with E-state index in [0.29, 0.717) is 18.7 Å². The Hall–Kier alpha value is -4.04. The molecule has 0 saturated heterocycles. The number of hydrogen-bond acceptors (Lipinski definition) is 5. The molecule has 0 unspecified atom stereocenters. The van der Waals surface area contributed by atoms with Crippen LogP contribution >= 0.6 is 0 Å². The average molecular weight is 444 g/mol. The first-order valence-electron chi connectivity index (χ1n) is 10.6. The van der Waals surface area contributed by atoms with Crippen molar-refractivity contribution in [3.8, 4) is 11.3 Å². The summed E-state index contributed by atoms with van der Waals surface area (Å²) in [6.45, 7) is 0.814. The standard InChI is InChI=1S/C25H24N4O4/c1-33-12-11-27-25(30)15-21(17-5-4-6-19(13-17)29(31)32)22-16-28-24-14-18(8-9-20(22)24)23-7-2-3-10-26-23/h2-10,13-14,16,21,28H,11-12,15H2,1H3,(H,27,30)/t21-/m1/s1. The first-order chi connectivity index (χ1) is 16.1. The van der Waals surface area contributed by atoms with Crippen LogP contribution in [0.15, 0.2) is 73.1 Å². The third-order valence-electron chi connectivity index (χ3n) is 5.55. The van der Waals surface area contributed by atoms with Gasteiger partial charge in [-0.25, -0.2) is 0 Å². The maximum absolute atomic E-state index is 12.7. The van der Waals surface area contributed by atoms with Gasteiger partial charge in [0.15, 0.2) is 0 Å². The number of ether oxygens (including phenoxy) is 1. The van der Waals surface area contributed by atoms with E-state index in [1.54, 1.807) is 19.4 Å². The van der Waals surface area contributed by atoms with Gasteiger partial charge in [-0.2, -0.15) is 0 Å². The topological polar surface area (TPSA) is 110 Å². The summed E-state index contributed by atoms with van der Waals surface area (Å²) in [5, 5.41) is 15.1. The highest BCUT2D eigenvalue weighted by Crippen LogP contribution is 2.36. The predicted molar refractivity (Wildman–Crippen MR) is 126 cm³/mol. The van der Waals surface area contributed by atoms with Gasteiger partial charge in [0.1, 0.15) is 0 Å². The number of fused-ring (bicyclic) bond motifs is 1. The molecule has 33 heavy (non-hydrogen) atoms. The summed E-state index contributed by atoms with van der Waals surface area (Å²) in [7, 11) is 1.57. The van der Waals surface area contributed by atoms with Crippen LogP contribution in [0.3, 0.4) is 0 Å². The molecular formula is C25H24N4O4. The van der Waals surface area contributed by atoms with Gasteiger partial charge in [-0.1, -0.05) is 30.3 Å². The molecule has 1 atom stereocenters. The number of pyridine rings is 1. The minimum absolute atomic E-state index is 0.00503. The van der Waals surface area contributed by atoms with Crippen LogP contribution in [0.1, 0.15) is 23.5 Å². The second kappa shape index (κ2) is 10.1. The van der Waals surface area contributed by atoms with Crippen molar-refractivity contribution in [2.45, 2.75) is 12.3 Å².